The summed E-state index contributed by atoms with van der Waals surface area (Å²) in [7, 11) is 0. The normalized spacial score (nSPS) is 24.4. The maximum Gasteiger partial charge on any atom is 0.407 e. The number of nitrogens with one attached hydrogen (secondary N) is 1. The average molecular weight is 827 g/mol. The van der Waals surface area contributed by atoms with E-state index in [1.165, 1.54) is 6.92 Å². The van der Waals surface area contributed by atoms with E-state index in [0.717, 1.165) is 100 Å². The van der Waals surface area contributed by atoms with Gasteiger partial charge in [0.2, 0.25) is 0 Å². The number of rotatable bonds is 8. The van der Waals surface area contributed by atoms with Crippen molar-refractivity contribution in [2.24, 2.45) is 5.41 Å². The van der Waals surface area contributed by atoms with Crippen molar-refractivity contribution in [1.29, 1.82) is 0 Å². The van der Waals surface area contributed by atoms with E-state index in [0.29, 0.717) is 54.8 Å². The number of carbonyl (C=O) groups is 2. The molecular formula is C43H58N10O7. The van der Waals surface area contributed by atoms with Gasteiger partial charge in [-0.2, -0.15) is 5.10 Å². The molecule has 2 unspecified atom stereocenters. The molecule has 9 heterocycles. The van der Waals surface area contributed by atoms with Crippen molar-refractivity contribution in [3.05, 3.63) is 35.8 Å². The lowest BCUT2D eigenvalue weighted by Crippen LogP contribution is -2.55. The maximum atomic E-state index is 13.0. The zero-order valence-corrected chi connectivity index (χ0v) is 35.5. The zero-order valence-electron chi connectivity index (χ0n) is 35.5. The van der Waals surface area contributed by atoms with Crippen LogP contribution in [0.4, 0.5) is 22.1 Å². The summed E-state index contributed by atoms with van der Waals surface area (Å²) in [6.45, 7) is 12.9. The number of hydrogen-bond donors (Lipinski definition) is 1. The topological polar surface area (TPSA) is 173 Å². The molecule has 60 heavy (non-hydrogen) atoms. The van der Waals surface area contributed by atoms with Crippen LogP contribution in [0.25, 0.3) is 22.6 Å². The van der Waals surface area contributed by atoms with Crippen molar-refractivity contribution in [2.45, 2.75) is 136 Å². The summed E-state index contributed by atoms with van der Waals surface area (Å²) < 4.78 is 33.8. The van der Waals surface area contributed by atoms with E-state index in [2.05, 4.69) is 32.3 Å². The van der Waals surface area contributed by atoms with E-state index in [4.69, 9.17) is 43.7 Å². The van der Waals surface area contributed by atoms with Gasteiger partial charge in [-0.05, 0) is 110 Å². The molecule has 0 aromatic carbocycles. The number of piperidine rings is 1. The number of amides is 1. The van der Waals surface area contributed by atoms with Crippen LogP contribution in [0, 0.1) is 5.41 Å². The van der Waals surface area contributed by atoms with Gasteiger partial charge in [0.1, 0.15) is 17.9 Å². The van der Waals surface area contributed by atoms with Crippen LogP contribution in [-0.2, 0) is 41.5 Å². The van der Waals surface area contributed by atoms with Gasteiger partial charge in [0.25, 0.3) is 0 Å². The second-order valence-corrected chi connectivity index (χ2v) is 17.9. The number of esters is 1. The van der Waals surface area contributed by atoms with Crippen LogP contribution in [0.15, 0.2) is 24.4 Å². The van der Waals surface area contributed by atoms with Crippen LogP contribution in [0.5, 0.6) is 0 Å². The van der Waals surface area contributed by atoms with Gasteiger partial charge >= 0.3 is 12.1 Å². The zero-order chi connectivity index (χ0) is 41.6. The Balaban J connectivity index is 1.06. The molecule has 5 aliphatic heterocycles. The van der Waals surface area contributed by atoms with Gasteiger partial charge in [-0.1, -0.05) is 0 Å². The fraction of sp³-hybridized carbons (Fsp3) is 0.651. The van der Waals surface area contributed by atoms with E-state index in [1.54, 1.807) is 0 Å². The number of fused-ring (bicyclic) bond motifs is 2. The highest BCUT2D eigenvalue weighted by molar-refractivity contribution is 5.89. The molecule has 1 spiro atoms. The highest BCUT2D eigenvalue weighted by atomic mass is 16.6. The number of nitrogens with zero attached hydrogens (tertiary/aromatic N) is 9. The molecule has 4 atom stereocenters. The minimum absolute atomic E-state index is 0.0390. The van der Waals surface area contributed by atoms with Crippen molar-refractivity contribution in [3.63, 3.8) is 0 Å². The Morgan fingerprint density at radius 3 is 2.35 bits per heavy atom. The van der Waals surface area contributed by atoms with Crippen molar-refractivity contribution in [1.82, 2.24) is 39.8 Å². The molecule has 17 nitrogen and oxygen atoms in total. The fourth-order valence-corrected chi connectivity index (χ4v) is 9.56. The number of aryl methyl sites for hydroxylation is 1. The first kappa shape index (κ1) is 40.5. The number of pyridine rings is 1. The summed E-state index contributed by atoms with van der Waals surface area (Å²) in [5, 5.41) is 13.1. The summed E-state index contributed by atoms with van der Waals surface area (Å²) in [6.07, 6.45) is 9.92. The molecule has 0 radical (unpaired) electrons. The summed E-state index contributed by atoms with van der Waals surface area (Å²) in [4.78, 5) is 45.5. The second kappa shape index (κ2) is 16.5. The summed E-state index contributed by atoms with van der Waals surface area (Å²) >= 11 is 0. The van der Waals surface area contributed by atoms with Crippen molar-refractivity contribution in [2.75, 3.05) is 49.3 Å². The molecule has 4 aromatic rings. The van der Waals surface area contributed by atoms with Gasteiger partial charge in [-0.3, -0.25) is 4.79 Å². The third-order valence-electron chi connectivity index (χ3n) is 12.5. The van der Waals surface area contributed by atoms with E-state index in [1.807, 2.05) is 49.3 Å². The third kappa shape index (κ3) is 8.03. The van der Waals surface area contributed by atoms with Crippen LogP contribution in [0.1, 0.15) is 116 Å². The molecule has 4 saturated heterocycles. The Hall–Kier alpha value is -4.87. The first-order valence-electron chi connectivity index (χ1n) is 21.8. The van der Waals surface area contributed by atoms with E-state index in [-0.39, 0.29) is 36.6 Å². The average Bonchev–Trinajstić information content (AvgIpc) is 3.96. The SMILES string of the molecule is CC(=O)OCc1nc2c(N3CCCc4nc(-c5ccnn5C5CCCCO5)ccc43)nn(C3CCCCO3)c2nc1N1CCC2(CC1)CO[C@@H](C)[C@H]2NC(=O)OC(C)(C)C. The molecule has 1 amide bonds. The van der Waals surface area contributed by atoms with Crippen molar-refractivity contribution in [3.8, 4) is 11.4 Å². The van der Waals surface area contributed by atoms with Gasteiger partial charge in [0.05, 0.1) is 41.5 Å². The largest absolute Gasteiger partial charge is 0.459 e. The van der Waals surface area contributed by atoms with Crippen LogP contribution in [0.2, 0.25) is 0 Å². The second-order valence-electron chi connectivity index (χ2n) is 17.9. The lowest BCUT2D eigenvalue weighted by molar-refractivity contribution is -0.142. The number of ether oxygens (including phenoxy) is 5. The van der Waals surface area contributed by atoms with E-state index >= 15 is 0 Å². The molecule has 0 saturated carbocycles. The van der Waals surface area contributed by atoms with Gasteiger partial charge in [-0.25, -0.2) is 29.1 Å². The number of aromatic nitrogens is 7. The Bertz CT molecular complexity index is 2200. The Morgan fingerprint density at radius 1 is 0.900 bits per heavy atom. The number of anilines is 3. The van der Waals surface area contributed by atoms with E-state index in [9.17, 15) is 9.59 Å². The summed E-state index contributed by atoms with van der Waals surface area (Å²) in [5.74, 6) is 0.919. The van der Waals surface area contributed by atoms with Crippen LogP contribution < -0.4 is 15.1 Å². The monoisotopic (exact) mass is 826 g/mol. The maximum absolute atomic E-state index is 13.0. The Labute approximate surface area is 350 Å². The molecule has 5 aliphatic rings. The molecule has 4 fully saturated rings. The summed E-state index contributed by atoms with van der Waals surface area (Å²) in [6, 6.07) is 5.98. The van der Waals surface area contributed by atoms with E-state index < -0.39 is 17.7 Å². The predicted molar refractivity (Wildman–Crippen MR) is 222 cm³/mol. The van der Waals surface area contributed by atoms with Gasteiger partial charge in [0, 0.05) is 51.4 Å². The van der Waals surface area contributed by atoms with Crippen LogP contribution in [0.3, 0.4) is 0 Å². The molecule has 0 aliphatic carbocycles. The quantitative estimate of drug-likeness (QED) is 0.190. The van der Waals surface area contributed by atoms with Gasteiger partial charge in [-0.15, -0.1) is 5.10 Å². The Kier molecular flexibility index (Phi) is 11.2. The highest BCUT2D eigenvalue weighted by Gasteiger charge is 2.51. The summed E-state index contributed by atoms with van der Waals surface area (Å²) in [5.41, 5.74) is 4.65. The lowest BCUT2D eigenvalue weighted by Gasteiger charge is -2.43. The molecule has 17 heteroatoms. The molecular weight excluding hydrogens is 769 g/mol. The molecule has 4 aromatic heterocycles. The van der Waals surface area contributed by atoms with Crippen LogP contribution in [-0.4, -0.2) is 104 Å². The molecule has 9 rings (SSSR count). The standard InChI is InChI=1S/C43H58N10O7/c1-27-37(47-41(55)60-42(3,4)5)43(26-59-27)17-21-50(22-18-43)38-31(25-58-28(2)54)46-36-39(48-38)53(35-13-7-9-24-57-35)49-40(36)51-20-10-11-29-32(51)15-14-30(45-29)33-16-19-44-52(33)34-12-6-8-23-56-34/h14-16,19,27,34-35,37H,6-13,17-18,20-26H2,1-5H3,(H,47,55)/t27-,34?,35?,37+/m0/s1. The molecule has 1 N–H and O–H groups in total. The molecule has 0 bridgehead atoms. The van der Waals surface area contributed by atoms with Crippen LogP contribution >= 0.6 is 0 Å². The minimum atomic E-state index is -0.610. The van der Waals surface area contributed by atoms with Gasteiger partial charge in [0.15, 0.2) is 35.3 Å². The Morgan fingerprint density at radius 2 is 1.65 bits per heavy atom. The first-order valence-corrected chi connectivity index (χ1v) is 21.8. The minimum Gasteiger partial charge on any atom is -0.459 e. The van der Waals surface area contributed by atoms with Crippen molar-refractivity contribution < 1.29 is 33.3 Å². The third-order valence-corrected chi connectivity index (χ3v) is 12.5. The number of alkyl carbamates (subject to hydrolysis) is 1. The molecule has 322 valence electrons. The van der Waals surface area contributed by atoms with Gasteiger partial charge < -0.3 is 38.8 Å². The number of carbonyl (C=O) groups excluding carboxylic acids is 2. The lowest BCUT2D eigenvalue weighted by atomic mass is 9.73. The first-order chi connectivity index (χ1) is 29.0. The predicted octanol–water partition coefficient (Wildman–Crippen LogP) is 6.53. The van der Waals surface area contributed by atoms with Crippen molar-refractivity contribution >= 4 is 40.5 Å². The number of hydrogen-bond acceptors (Lipinski definition) is 14. The fourth-order valence-electron chi connectivity index (χ4n) is 9.56. The smallest absolute Gasteiger partial charge is 0.407 e. The highest BCUT2D eigenvalue weighted by Crippen LogP contribution is 2.45.